The Hall–Kier alpha value is -1.55. The zero-order valence-corrected chi connectivity index (χ0v) is 10.2. The summed E-state index contributed by atoms with van der Waals surface area (Å²) in [6, 6.07) is 5.79. The minimum absolute atomic E-state index is 0.0852. The lowest BCUT2D eigenvalue weighted by Crippen LogP contribution is -2.52. The standard InChI is InChI=1S/C13H18N2O2/c1-9-3-4-12(5-10(9)2)14-13(17)15-6-11(7-15)8-16/h3-5,11,16H,6-8H2,1-2H3,(H,14,17). The lowest BCUT2D eigenvalue weighted by molar-refractivity contribution is 0.0838. The molecule has 1 aromatic rings. The highest BCUT2D eigenvalue weighted by Crippen LogP contribution is 2.18. The van der Waals surface area contributed by atoms with E-state index in [9.17, 15) is 4.79 Å². The molecule has 1 saturated heterocycles. The topological polar surface area (TPSA) is 52.6 Å². The van der Waals surface area contributed by atoms with Gasteiger partial charge in [0.05, 0.1) is 0 Å². The maximum Gasteiger partial charge on any atom is 0.321 e. The largest absolute Gasteiger partial charge is 0.396 e. The van der Waals surface area contributed by atoms with Gasteiger partial charge < -0.3 is 15.3 Å². The van der Waals surface area contributed by atoms with E-state index >= 15 is 0 Å². The third-order valence-corrected chi connectivity index (χ3v) is 3.26. The molecule has 2 amide bonds. The van der Waals surface area contributed by atoms with Crippen molar-refractivity contribution in [1.29, 1.82) is 0 Å². The van der Waals surface area contributed by atoms with Crippen molar-refractivity contribution in [3.63, 3.8) is 0 Å². The Kier molecular flexibility index (Phi) is 3.33. The van der Waals surface area contributed by atoms with E-state index in [1.165, 1.54) is 11.1 Å². The van der Waals surface area contributed by atoms with Gasteiger partial charge in [-0.05, 0) is 37.1 Å². The van der Waals surface area contributed by atoms with Crippen molar-refractivity contribution < 1.29 is 9.90 Å². The van der Waals surface area contributed by atoms with E-state index in [0.717, 1.165) is 5.69 Å². The minimum atomic E-state index is -0.0852. The van der Waals surface area contributed by atoms with E-state index in [-0.39, 0.29) is 18.6 Å². The van der Waals surface area contributed by atoms with Crippen molar-refractivity contribution in [3.05, 3.63) is 29.3 Å². The van der Waals surface area contributed by atoms with Crippen LogP contribution in [-0.4, -0.2) is 35.7 Å². The average Bonchev–Trinajstić information content (AvgIpc) is 2.22. The summed E-state index contributed by atoms with van der Waals surface area (Å²) in [6.45, 7) is 5.52. The van der Waals surface area contributed by atoms with Crippen LogP contribution in [0.1, 0.15) is 11.1 Å². The van der Waals surface area contributed by atoms with Gasteiger partial charge in [-0.2, -0.15) is 0 Å². The van der Waals surface area contributed by atoms with Crippen LogP contribution in [0.25, 0.3) is 0 Å². The van der Waals surface area contributed by atoms with Crippen LogP contribution in [0, 0.1) is 19.8 Å². The summed E-state index contributed by atoms with van der Waals surface area (Å²) in [4.78, 5) is 13.5. The fourth-order valence-electron chi connectivity index (χ4n) is 1.87. The molecular weight excluding hydrogens is 216 g/mol. The monoisotopic (exact) mass is 234 g/mol. The molecule has 1 aliphatic rings. The van der Waals surface area contributed by atoms with Crippen LogP contribution < -0.4 is 5.32 Å². The molecule has 4 heteroatoms. The number of hydrogen-bond donors (Lipinski definition) is 2. The second-order valence-corrected chi connectivity index (χ2v) is 4.68. The van der Waals surface area contributed by atoms with Crippen molar-refractivity contribution in [2.45, 2.75) is 13.8 Å². The highest BCUT2D eigenvalue weighted by atomic mass is 16.3. The lowest BCUT2D eigenvalue weighted by atomic mass is 10.0. The molecule has 0 aliphatic carbocycles. The molecule has 2 N–H and O–H groups in total. The van der Waals surface area contributed by atoms with E-state index < -0.39 is 0 Å². The van der Waals surface area contributed by atoms with E-state index in [1.54, 1.807) is 4.90 Å². The zero-order valence-electron chi connectivity index (χ0n) is 10.2. The average molecular weight is 234 g/mol. The zero-order chi connectivity index (χ0) is 12.4. The van der Waals surface area contributed by atoms with Crippen LogP contribution in [-0.2, 0) is 0 Å². The summed E-state index contributed by atoms with van der Waals surface area (Å²) in [5.74, 6) is 0.250. The Morgan fingerprint density at radius 1 is 1.41 bits per heavy atom. The number of rotatable bonds is 2. The second kappa shape index (κ2) is 4.75. The number of aliphatic hydroxyl groups excluding tert-OH is 1. The molecule has 0 saturated carbocycles. The summed E-state index contributed by atoms with van der Waals surface area (Å²) in [6.07, 6.45) is 0. The molecule has 0 spiro atoms. The molecule has 1 aliphatic heterocycles. The predicted molar refractivity (Wildman–Crippen MR) is 67.1 cm³/mol. The minimum Gasteiger partial charge on any atom is -0.396 e. The molecule has 0 atom stereocenters. The number of nitrogens with one attached hydrogen (secondary N) is 1. The van der Waals surface area contributed by atoms with Gasteiger partial charge in [-0.25, -0.2) is 4.79 Å². The van der Waals surface area contributed by atoms with Crippen molar-refractivity contribution in [2.75, 3.05) is 25.0 Å². The smallest absolute Gasteiger partial charge is 0.321 e. The summed E-state index contributed by atoms with van der Waals surface area (Å²) in [5, 5.41) is 11.7. The Labute approximate surface area is 101 Å². The summed E-state index contributed by atoms with van der Waals surface area (Å²) >= 11 is 0. The van der Waals surface area contributed by atoms with Crippen LogP contribution in [0.5, 0.6) is 0 Å². The third-order valence-electron chi connectivity index (χ3n) is 3.26. The molecule has 2 rings (SSSR count). The number of urea groups is 1. The molecule has 1 fully saturated rings. The number of likely N-dealkylation sites (tertiary alicyclic amines) is 1. The van der Waals surface area contributed by atoms with Crippen molar-refractivity contribution in [2.24, 2.45) is 5.92 Å². The van der Waals surface area contributed by atoms with Crippen LogP contribution >= 0.6 is 0 Å². The highest BCUT2D eigenvalue weighted by Gasteiger charge is 2.29. The maximum atomic E-state index is 11.8. The van der Waals surface area contributed by atoms with Gasteiger partial charge in [0.15, 0.2) is 0 Å². The molecule has 0 unspecified atom stereocenters. The van der Waals surface area contributed by atoms with Crippen molar-refractivity contribution in [3.8, 4) is 0 Å². The molecule has 4 nitrogen and oxygen atoms in total. The molecule has 1 heterocycles. The molecule has 0 aromatic heterocycles. The first-order valence-electron chi connectivity index (χ1n) is 5.84. The number of amides is 2. The van der Waals surface area contributed by atoms with Gasteiger partial charge in [-0.1, -0.05) is 6.07 Å². The van der Waals surface area contributed by atoms with Gasteiger partial charge in [0.2, 0.25) is 0 Å². The number of carbonyl (C=O) groups excluding carboxylic acids is 1. The first-order chi connectivity index (χ1) is 8.10. The van der Waals surface area contributed by atoms with Gasteiger partial charge in [0.1, 0.15) is 0 Å². The van der Waals surface area contributed by atoms with E-state index in [2.05, 4.69) is 5.32 Å². The summed E-state index contributed by atoms with van der Waals surface area (Å²) < 4.78 is 0. The van der Waals surface area contributed by atoms with Crippen LogP contribution in [0.4, 0.5) is 10.5 Å². The number of anilines is 1. The summed E-state index contributed by atoms with van der Waals surface area (Å²) in [5.41, 5.74) is 3.21. The Morgan fingerprint density at radius 2 is 2.12 bits per heavy atom. The number of nitrogens with zero attached hydrogens (tertiary/aromatic N) is 1. The Bertz CT molecular complexity index is 425. The van der Waals surface area contributed by atoms with E-state index in [1.807, 2.05) is 32.0 Å². The van der Waals surface area contributed by atoms with Crippen LogP contribution in [0.3, 0.4) is 0 Å². The fraction of sp³-hybridized carbons (Fsp3) is 0.462. The number of benzene rings is 1. The molecular formula is C13H18N2O2. The predicted octanol–water partition coefficient (Wildman–Crippen LogP) is 1.76. The van der Waals surface area contributed by atoms with Crippen LogP contribution in [0.15, 0.2) is 18.2 Å². The second-order valence-electron chi connectivity index (χ2n) is 4.68. The number of aliphatic hydroxyl groups is 1. The van der Waals surface area contributed by atoms with Gasteiger partial charge in [-0.3, -0.25) is 0 Å². The quantitative estimate of drug-likeness (QED) is 0.819. The molecule has 0 bridgehead atoms. The maximum absolute atomic E-state index is 11.8. The SMILES string of the molecule is Cc1ccc(NC(=O)N2CC(CO)C2)cc1C. The van der Waals surface area contributed by atoms with Gasteiger partial charge >= 0.3 is 6.03 Å². The molecule has 17 heavy (non-hydrogen) atoms. The van der Waals surface area contributed by atoms with Crippen molar-refractivity contribution in [1.82, 2.24) is 4.90 Å². The number of aryl methyl sites for hydroxylation is 2. The van der Waals surface area contributed by atoms with Crippen LogP contribution in [0.2, 0.25) is 0 Å². The number of carbonyl (C=O) groups is 1. The normalized spacial score (nSPS) is 15.6. The van der Waals surface area contributed by atoms with Gasteiger partial charge in [-0.15, -0.1) is 0 Å². The Balaban J connectivity index is 1.92. The third kappa shape index (κ3) is 2.58. The highest BCUT2D eigenvalue weighted by molar-refractivity contribution is 5.90. The first kappa shape index (κ1) is 11.9. The fourth-order valence-corrected chi connectivity index (χ4v) is 1.87. The van der Waals surface area contributed by atoms with E-state index in [0.29, 0.717) is 13.1 Å². The lowest BCUT2D eigenvalue weighted by Gasteiger charge is -2.38. The first-order valence-corrected chi connectivity index (χ1v) is 5.84. The molecule has 92 valence electrons. The van der Waals surface area contributed by atoms with Gasteiger partial charge in [0.25, 0.3) is 0 Å². The molecule has 1 aromatic carbocycles. The molecule has 0 radical (unpaired) electrons. The number of hydrogen-bond acceptors (Lipinski definition) is 2. The van der Waals surface area contributed by atoms with Gasteiger partial charge in [0, 0.05) is 31.3 Å². The Morgan fingerprint density at radius 3 is 2.71 bits per heavy atom. The van der Waals surface area contributed by atoms with Crippen molar-refractivity contribution >= 4 is 11.7 Å². The summed E-state index contributed by atoms with van der Waals surface area (Å²) in [7, 11) is 0. The van der Waals surface area contributed by atoms with E-state index in [4.69, 9.17) is 5.11 Å².